The maximum Gasteiger partial charge on any atom is 0.346 e. The Balaban J connectivity index is 3.19. The van der Waals surface area contributed by atoms with Crippen LogP contribution < -0.4 is 5.69 Å². The zero-order valence-corrected chi connectivity index (χ0v) is 10.8. The van der Waals surface area contributed by atoms with Gasteiger partial charge in [0.1, 0.15) is 15.8 Å². The van der Waals surface area contributed by atoms with Crippen LogP contribution in [0.5, 0.6) is 0 Å². The fraction of sp³-hybridized carbons (Fsp3) is 0.400. The van der Waals surface area contributed by atoms with E-state index in [-0.39, 0.29) is 16.3 Å². The van der Waals surface area contributed by atoms with Gasteiger partial charge >= 0.3 is 17.6 Å². The second-order valence-corrected chi connectivity index (χ2v) is 4.77. The third kappa shape index (κ3) is 3.10. The number of nitrogens with one attached hydrogen (secondary N) is 1. The molecule has 0 radical (unpaired) electrons. The van der Waals surface area contributed by atoms with Crippen LogP contribution in [0.1, 0.15) is 23.0 Å². The lowest BCUT2D eigenvalue weighted by molar-refractivity contribution is -0.139. The van der Waals surface area contributed by atoms with Crippen molar-refractivity contribution in [3.8, 4) is 0 Å². The number of carbonyl (C=O) groups is 2. The Morgan fingerprint density at radius 1 is 1.50 bits per heavy atom. The number of hydrogen-bond acceptors (Lipinski definition) is 6. The molecule has 0 aliphatic carbocycles. The van der Waals surface area contributed by atoms with E-state index >= 15 is 0 Å². The number of H-pyrrole nitrogens is 1. The number of carbonyl (C=O) groups excluding carboxylic acids is 1. The molecule has 0 fully saturated rings. The van der Waals surface area contributed by atoms with Gasteiger partial charge in [-0.2, -0.15) is 4.98 Å². The molecule has 0 bridgehead atoms. The van der Waals surface area contributed by atoms with Gasteiger partial charge in [0.15, 0.2) is 0 Å². The number of aromatic amines is 1. The number of esters is 1. The molecule has 1 rings (SSSR count). The highest BCUT2D eigenvalue weighted by Gasteiger charge is 2.22. The number of carboxylic acid groups (broad SMARTS) is 1. The summed E-state index contributed by atoms with van der Waals surface area (Å²) in [4.78, 5) is 39.4. The smallest absolute Gasteiger partial charge is 0.346 e. The van der Waals surface area contributed by atoms with Crippen molar-refractivity contribution in [2.75, 3.05) is 7.11 Å². The molecule has 0 amide bonds. The predicted molar refractivity (Wildman–Crippen MR) is 63.9 cm³/mol. The molecule has 0 aliphatic rings. The fourth-order valence-corrected chi connectivity index (χ4v) is 2.30. The van der Waals surface area contributed by atoms with Crippen molar-refractivity contribution >= 4 is 23.7 Å². The van der Waals surface area contributed by atoms with Crippen LogP contribution >= 0.6 is 11.8 Å². The van der Waals surface area contributed by atoms with Gasteiger partial charge in [0.2, 0.25) is 0 Å². The van der Waals surface area contributed by atoms with E-state index in [2.05, 4.69) is 14.7 Å². The van der Waals surface area contributed by atoms with Crippen molar-refractivity contribution in [3.05, 3.63) is 21.7 Å². The summed E-state index contributed by atoms with van der Waals surface area (Å²) >= 11 is 0.873. The highest BCUT2D eigenvalue weighted by Crippen LogP contribution is 2.25. The zero-order chi connectivity index (χ0) is 13.9. The van der Waals surface area contributed by atoms with Crippen molar-refractivity contribution in [1.82, 2.24) is 9.97 Å². The van der Waals surface area contributed by atoms with Crippen molar-refractivity contribution in [2.24, 2.45) is 0 Å². The van der Waals surface area contributed by atoms with Crippen molar-refractivity contribution < 1.29 is 19.4 Å². The van der Waals surface area contributed by atoms with E-state index in [9.17, 15) is 14.4 Å². The average Bonchev–Trinajstić information content (AvgIpc) is 2.26. The standard InChI is InChI=1S/C10H12N2O5S/c1-4-6(8(13)14)7(12-10(16)11-4)18-5(2)9(15)17-3/h5H,1-3H3,(H,13,14)(H,11,12,16). The Kier molecular flexibility index (Phi) is 4.49. The summed E-state index contributed by atoms with van der Waals surface area (Å²) in [6.07, 6.45) is 0. The largest absolute Gasteiger partial charge is 0.478 e. The molecule has 0 saturated carbocycles. The van der Waals surface area contributed by atoms with E-state index in [1.165, 1.54) is 14.0 Å². The molecule has 0 spiro atoms. The van der Waals surface area contributed by atoms with Gasteiger partial charge in [0, 0.05) is 5.69 Å². The van der Waals surface area contributed by atoms with Crippen LogP contribution in [-0.4, -0.2) is 39.4 Å². The quantitative estimate of drug-likeness (QED) is 0.464. The Morgan fingerprint density at radius 3 is 2.61 bits per heavy atom. The van der Waals surface area contributed by atoms with Crippen LogP contribution in [0, 0.1) is 6.92 Å². The van der Waals surface area contributed by atoms with Crippen molar-refractivity contribution in [2.45, 2.75) is 24.1 Å². The molecular weight excluding hydrogens is 260 g/mol. The van der Waals surface area contributed by atoms with Crippen molar-refractivity contribution in [3.63, 3.8) is 0 Å². The van der Waals surface area contributed by atoms with Gasteiger partial charge < -0.3 is 14.8 Å². The first-order valence-corrected chi connectivity index (χ1v) is 5.83. The lowest BCUT2D eigenvalue weighted by atomic mass is 10.2. The first-order valence-electron chi connectivity index (χ1n) is 4.95. The molecule has 8 heteroatoms. The zero-order valence-electron chi connectivity index (χ0n) is 10.0. The van der Waals surface area contributed by atoms with Crippen LogP contribution in [0.2, 0.25) is 0 Å². The summed E-state index contributed by atoms with van der Waals surface area (Å²) in [5.74, 6) is -1.73. The first kappa shape index (κ1) is 14.2. The van der Waals surface area contributed by atoms with Gasteiger partial charge in [-0.3, -0.25) is 4.79 Å². The number of nitrogens with zero attached hydrogens (tertiary/aromatic N) is 1. The molecule has 0 aromatic carbocycles. The van der Waals surface area contributed by atoms with E-state index in [1.54, 1.807) is 6.92 Å². The summed E-state index contributed by atoms with van der Waals surface area (Å²) in [5.41, 5.74) is -0.575. The fourth-order valence-electron chi connectivity index (χ4n) is 1.28. The number of aromatic nitrogens is 2. The van der Waals surface area contributed by atoms with Gasteiger partial charge in [-0.05, 0) is 13.8 Å². The molecule has 0 saturated heterocycles. The van der Waals surface area contributed by atoms with Gasteiger partial charge in [0.05, 0.1) is 7.11 Å². The second kappa shape index (κ2) is 5.67. The Morgan fingerprint density at radius 2 is 2.11 bits per heavy atom. The van der Waals surface area contributed by atoms with Crippen LogP contribution in [0.3, 0.4) is 0 Å². The van der Waals surface area contributed by atoms with E-state index in [0.29, 0.717) is 0 Å². The molecule has 1 heterocycles. The molecule has 1 aromatic heterocycles. The number of hydrogen-bond donors (Lipinski definition) is 2. The third-order valence-electron chi connectivity index (χ3n) is 2.12. The van der Waals surface area contributed by atoms with Gasteiger partial charge in [0.25, 0.3) is 0 Å². The topological polar surface area (TPSA) is 109 Å². The summed E-state index contributed by atoms with van der Waals surface area (Å²) in [6.45, 7) is 3.00. The Bertz CT molecular complexity index is 540. The number of aromatic carboxylic acids is 1. The number of ether oxygens (including phenoxy) is 1. The highest BCUT2D eigenvalue weighted by molar-refractivity contribution is 8.00. The first-order chi connectivity index (χ1) is 8.36. The number of thioether (sulfide) groups is 1. The Labute approximate surface area is 107 Å². The second-order valence-electron chi connectivity index (χ2n) is 3.44. The van der Waals surface area contributed by atoms with E-state index in [1.807, 2.05) is 0 Å². The lowest BCUT2D eigenvalue weighted by Gasteiger charge is -2.10. The summed E-state index contributed by atoms with van der Waals surface area (Å²) in [5, 5.41) is 8.40. The molecule has 18 heavy (non-hydrogen) atoms. The van der Waals surface area contributed by atoms with Crippen LogP contribution in [-0.2, 0) is 9.53 Å². The maximum absolute atomic E-state index is 11.3. The number of rotatable bonds is 4. The van der Waals surface area contributed by atoms with Gasteiger partial charge in [-0.1, -0.05) is 11.8 Å². The molecule has 98 valence electrons. The van der Waals surface area contributed by atoms with Crippen molar-refractivity contribution in [1.29, 1.82) is 0 Å². The van der Waals surface area contributed by atoms with Crippen LogP contribution in [0.25, 0.3) is 0 Å². The molecule has 2 N–H and O–H groups in total. The van der Waals surface area contributed by atoms with Gasteiger partial charge in [-0.15, -0.1) is 0 Å². The minimum absolute atomic E-state index is 0.00153. The molecule has 1 atom stereocenters. The Hall–Kier alpha value is -1.83. The summed E-state index contributed by atoms with van der Waals surface area (Å²) < 4.78 is 4.52. The van der Waals surface area contributed by atoms with E-state index < -0.39 is 22.9 Å². The van der Waals surface area contributed by atoms with Crippen LogP contribution in [0.15, 0.2) is 9.82 Å². The minimum atomic E-state index is -1.21. The maximum atomic E-state index is 11.3. The molecule has 0 aliphatic heterocycles. The average molecular weight is 272 g/mol. The molecule has 7 nitrogen and oxygen atoms in total. The molecule has 1 unspecified atom stereocenters. The SMILES string of the molecule is COC(=O)C(C)Sc1nc(=O)[nH]c(C)c1C(=O)O. The predicted octanol–water partition coefficient (Wildman–Crippen LogP) is 0.430. The van der Waals surface area contributed by atoms with Crippen LogP contribution in [0.4, 0.5) is 0 Å². The van der Waals surface area contributed by atoms with E-state index in [4.69, 9.17) is 5.11 Å². The molecule has 1 aromatic rings. The van der Waals surface area contributed by atoms with Gasteiger partial charge in [-0.25, -0.2) is 9.59 Å². The van der Waals surface area contributed by atoms with E-state index in [0.717, 1.165) is 11.8 Å². The lowest BCUT2D eigenvalue weighted by Crippen LogP contribution is -2.21. The number of carboxylic acids is 1. The third-order valence-corrected chi connectivity index (χ3v) is 3.19. The molecular formula is C10H12N2O5S. The normalized spacial score (nSPS) is 11.9. The summed E-state index contributed by atoms with van der Waals surface area (Å²) in [7, 11) is 1.23. The summed E-state index contributed by atoms with van der Waals surface area (Å²) in [6, 6.07) is 0. The minimum Gasteiger partial charge on any atom is -0.478 e. The highest BCUT2D eigenvalue weighted by atomic mass is 32.2. The number of methoxy groups -OCH3 is 1. The number of aryl methyl sites for hydroxylation is 1. The monoisotopic (exact) mass is 272 g/mol.